The Morgan fingerprint density at radius 2 is 1.31 bits per heavy atom. The molecule has 0 fully saturated rings. The number of carbonyl (C=O) groups excluding carboxylic acids is 3. The molecule has 0 bridgehead atoms. The van der Waals surface area contributed by atoms with E-state index in [9.17, 15) is 24.4 Å². The van der Waals surface area contributed by atoms with Crippen LogP contribution in [0.3, 0.4) is 0 Å². The molecule has 9 nitrogen and oxygen atoms in total. The first-order valence-electron chi connectivity index (χ1n) is 10.2. The second-order valence-corrected chi connectivity index (χ2v) is 7.38. The number of hydrogen-bond donors (Lipinski definition) is 5. The van der Waals surface area contributed by atoms with Gasteiger partial charge in [-0.1, -0.05) is 60.7 Å². The predicted molar refractivity (Wildman–Crippen MR) is 119 cm³/mol. The molecule has 2 aromatic carbocycles. The van der Waals surface area contributed by atoms with E-state index in [-0.39, 0.29) is 13.0 Å². The Labute approximate surface area is 187 Å². The summed E-state index contributed by atoms with van der Waals surface area (Å²) in [6.45, 7) is 2.97. The number of amides is 3. The van der Waals surface area contributed by atoms with Crippen molar-refractivity contribution in [3.8, 4) is 0 Å². The van der Waals surface area contributed by atoms with Crippen molar-refractivity contribution in [3.63, 3.8) is 0 Å². The number of benzene rings is 2. The fourth-order valence-corrected chi connectivity index (χ4v) is 2.82. The van der Waals surface area contributed by atoms with Crippen LogP contribution in [-0.2, 0) is 27.4 Å². The summed E-state index contributed by atoms with van der Waals surface area (Å²) < 4.78 is 5.07. The van der Waals surface area contributed by atoms with Gasteiger partial charge in [0, 0.05) is 0 Å². The van der Waals surface area contributed by atoms with Crippen LogP contribution in [0, 0.1) is 0 Å². The average Bonchev–Trinajstić information content (AvgIpc) is 2.78. The fraction of sp³-hybridized carbons (Fsp3) is 0.318. The number of alkyl carbamates (subject to hydrolysis) is 1. The number of nitrogens with one attached hydrogen (secondary N) is 3. The Morgan fingerprint density at radius 1 is 0.812 bits per heavy atom. The molecule has 170 valence electrons. The zero-order chi connectivity index (χ0) is 23.5. The zero-order valence-electron chi connectivity index (χ0n) is 18.0. The van der Waals surface area contributed by atoms with Crippen LogP contribution in [0.1, 0.15) is 25.0 Å². The molecule has 2 aromatic rings. The first-order valence-corrected chi connectivity index (χ1v) is 10.2. The minimum absolute atomic E-state index is 0.0616. The smallest absolute Gasteiger partial charge is 0.445 e. The maximum atomic E-state index is 12.4. The third kappa shape index (κ3) is 8.40. The third-order valence-electron chi connectivity index (χ3n) is 4.68. The van der Waals surface area contributed by atoms with Crippen LogP contribution in [0.5, 0.6) is 0 Å². The summed E-state index contributed by atoms with van der Waals surface area (Å²) in [5.74, 6) is -2.13. The van der Waals surface area contributed by atoms with Gasteiger partial charge in [-0.25, -0.2) is 4.79 Å². The lowest BCUT2D eigenvalue weighted by molar-refractivity contribution is -0.129. The molecule has 0 aliphatic heterocycles. The minimum Gasteiger partial charge on any atom is -0.445 e. The molecule has 0 aliphatic rings. The second-order valence-electron chi connectivity index (χ2n) is 7.38. The highest BCUT2D eigenvalue weighted by Gasteiger charge is 2.28. The summed E-state index contributed by atoms with van der Waals surface area (Å²) in [5.41, 5.74) is 1.62. The molecule has 3 atom stereocenters. The largest absolute Gasteiger partial charge is 0.475 e. The SMILES string of the molecule is C[C@H](NC(=O)OCc1ccccc1)C(=O)N[C@@H](C)C(=O)N[C@@H](Cc1ccccc1)B(O)O. The van der Waals surface area contributed by atoms with Gasteiger partial charge >= 0.3 is 13.2 Å². The van der Waals surface area contributed by atoms with E-state index in [1.165, 1.54) is 13.8 Å². The molecular formula is C22H28BN3O6. The van der Waals surface area contributed by atoms with Gasteiger partial charge in [-0.15, -0.1) is 0 Å². The highest BCUT2D eigenvalue weighted by atomic mass is 16.5. The quantitative estimate of drug-likeness (QED) is 0.342. The monoisotopic (exact) mass is 441 g/mol. The molecule has 0 heterocycles. The van der Waals surface area contributed by atoms with Crippen LogP contribution in [0.15, 0.2) is 60.7 Å². The molecule has 10 heteroatoms. The summed E-state index contributed by atoms with van der Waals surface area (Å²) >= 11 is 0. The summed E-state index contributed by atoms with van der Waals surface area (Å²) in [6.07, 6.45) is -0.559. The van der Waals surface area contributed by atoms with Gasteiger partial charge in [0.25, 0.3) is 0 Å². The van der Waals surface area contributed by atoms with Crippen LogP contribution in [0.4, 0.5) is 4.79 Å². The molecule has 3 amide bonds. The normalized spacial score (nSPS) is 13.2. The van der Waals surface area contributed by atoms with E-state index in [4.69, 9.17) is 4.74 Å². The summed E-state index contributed by atoms with van der Waals surface area (Å²) in [4.78, 5) is 36.6. The minimum atomic E-state index is -1.78. The lowest BCUT2D eigenvalue weighted by Crippen LogP contribution is -2.56. The summed E-state index contributed by atoms with van der Waals surface area (Å²) in [5, 5.41) is 26.6. The standard InChI is InChI=1S/C22H28BN3O6/c1-15(21(28)26-19(23(30)31)13-17-9-5-3-6-10-17)24-20(27)16(2)25-22(29)32-14-18-11-7-4-8-12-18/h3-12,15-16,19,30-31H,13-14H2,1-2H3,(H,24,27)(H,25,29)(H,26,28)/t15-,16-,19-/m0/s1. The molecule has 0 saturated carbocycles. The van der Waals surface area contributed by atoms with E-state index >= 15 is 0 Å². The second kappa shape index (κ2) is 12.5. The van der Waals surface area contributed by atoms with E-state index in [0.717, 1.165) is 11.1 Å². The molecule has 0 radical (unpaired) electrons. The molecule has 0 unspecified atom stereocenters. The maximum Gasteiger partial charge on any atom is 0.475 e. The first kappa shape index (κ1) is 24.9. The number of carbonyl (C=O) groups is 3. The van der Waals surface area contributed by atoms with E-state index in [1.54, 1.807) is 36.4 Å². The predicted octanol–water partition coefficient (Wildman–Crippen LogP) is 0.545. The zero-order valence-corrected chi connectivity index (χ0v) is 18.0. The third-order valence-corrected chi connectivity index (χ3v) is 4.68. The lowest BCUT2D eigenvalue weighted by atomic mass is 9.76. The average molecular weight is 441 g/mol. The van der Waals surface area contributed by atoms with E-state index in [0.29, 0.717) is 0 Å². The van der Waals surface area contributed by atoms with Crippen LogP contribution in [-0.4, -0.2) is 53.1 Å². The number of rotatable bonds is 10. The van der Waals surface area contributed by atoms with E-state index < -0.39 is 43.1 Å². The lowest BCUT2D eigenvalue weighted by Gasteiger charge is -2.22. The van der Waals surface area contributed by atoms with Crippen molar-refractivity contribution in [3.05, 3.63) is 71.8 Å². The van der Waals surface area contributed by atoms with Crippen molar-refractivity contribution in [1.29, 1.82) is 0 Å². The Balaban J connectivity index is 1.80. The highest BCUT2D eigenvalue weighted by molar-refractivity contribution is 6.43. The van der Waals surface area contributed by atoms with Crippen molar-refractivity contribution >= 4 is 25.0 Å². The van der Waals surface area contributed by atoms with Gasteiger partial charge in [-0.05, 0) is 31.4 Å². The maximum absolute atomic E-state index is 12.4. The Bertz CT molecular complexity index is 882. The number of hydrogen-bond acceptors (Lipinski definition) is 6. The van der Waals surface area contributed by atoms with Crippen molar-refractivity contribution in [2.75, 3.05) is 0 Å². The summed E-state index contributed by atoms with van der Waals surface area (Å²) in [7, 11) is -1.78. The molecule has 0 saturated heterocycles. The molecule has 5 N–H and O–H groups in total. The van der Waals surface area contributed by atoms with Crippen LogP contribution < -0.4 is 16.0 Å². The van der Waals surface area contributed by atoms with Gasteiger partial charge in [0.05, 0.1) is 5.94 Å². The van der Waals surface area contributed by atoms with Crippen molar-refractivity contribution in [1.82, 2.24) is 16.0 Å². The van der Waals surface area contributed by atoms with Crippen molar-refractivity contribution in [2.45, 2.75) is 44.9 Å². The van der Waals surface area contributed by atoms with Gasteiger partial charge in [0.15, 0.2) is 0 Å². The van der Waals surface area contributed by atoms with Crippen molar-refractivity contribution < 1.29 is 29.2 Å². The first-order chi connectivity index (χ1) is 15.3. The van der Waals surface area contributed by atoms with Crippen LogP contribution in [0.2, 0.25) is 0 Å². The Morgan fingerprint density at radius 3 is 1.88 bits per heavy atom. The van der Waals surface area contributed by atoms with Gasteiger partial charge in [0.1, 0.15) is 18.7 Å². The molecule has 0 aliphatic carbocycles. The van der Waals surface area contributed by atoms with Gasteiger partial charge in [-0.3, -0.25) is 9.59 Å². The molecule has 2 rings (SSSR count). The molecule has 32 heavy (non-hydrogen) atoms. The number of ether oxygens (including phenoxy) is 1. The van der Waals surface area contributed by atoms with Crippen LogP contribution >= 0.6 is 0 Å². The van der Waals surface area contributed by atoms with Gasteiger partial charge in [-0.2, -0.15) is 0 Å². The van der Waals surface area contributed by atoms with E-state index in [2.05, 4.69) is 16.0 Å². The molecular weight excluding hydrogens is 413 g/mol. The highest BCUT2D eigenvalue weighted by Crippen LogP contribution is 2.05. The van der Waals surface area contributed by atoms with Crippen molar-refractivity contribution in [2.24, 2.45) is 0 Å². The Kier molecular flexibility index (Phi) is 9.71. The fourth-order valence-electron chi connectivity index (χ4n) is 2.82. The molecule has 0 aromatic heterocycles. The van der Waals surface area contributed by atoms with Crippen LogP contribution in [0.25, 0.3) is 0 Å². The van der Waals surface area contributed by atoms with E-state index in [1.807, 2.05) is 24.3 Å². The summed E-state index contributed by atoms with van der Waals surface area (Å²) in [6, 6.07) is 16.2. The van der Waals surface area contributed by atoms with Gasteiger partial charge < -0.3 is 30.7 Å². The Hall–Kier alpha value is -3.37. The molecule has 0 spiro atoms. The van der Waals surface area contributed by atoms with Gasteiger partial charge in [0.2, 0.25) is 11.8 Å². The topological polar surface area (TPSA) is 137 Å².